The second-order valence-corrected chi connectivity index (χ2v) is 7.15. The summed E-state index contributed by atoms with van der Waals surface area (Å²) in [5.74, 6) is -0.0529. The minimum absolute atomic E-state index is 0.0529. The summed E-state index contributed by atoms with van der Waals surface area (Å²) in [6, 6.07) is 10.2. The van der Waals surface area contributed by atoms with Gasteiger partial charge in [-0.2, -0.15) is 9.90 Å². The molecule has 1 atom stereocenters. The summed E-state index contributed by atoms with van der Waals surface area (Å²) in [5, 5.41) is 9.05. The van der Waals surface area contributed by atoms with Gasteiger partial charge in [0.15, 0.2) is 5.69 Å². The molecule has 3 heterocycles. The van der Waals surface area contributed by atoms with E-state index in [1.54, 1.807) is 17.2 Å². The predicted molar refractivity (Wildman–Crippen MR) is 103 cm³/mol. The van der Waals surface area contributed by atoms with Gasteiger partial charge >= 0.3 is 0 Å². The van der Waals surface area contributed by atoms with Gasteiger partial charge in [-0.25, -0.2) is 0 Å². The average molecular weight is 361 g/mol. The molecule has 0 bridgehead atoms. The van der Waals surface area contributed by atoms with Gasteiger partial charge in [0.1, 0.15) is 0 Å². The highest BCUT2D eigenvalue weighted by Gasteiger charge is 2.33. The minimum atomic E-state index is -0.0529. The van der Waals surface area contributed by atoms with Crippen LogP contribution in [-0.2, 0) is 0 Å². The summed E-state index contributed by atoms with van der Waals surface area (Å²) in [5.41, 5.74) is 5.37. The van der Waals surface area contributed by atoms with Crippen LogP contribution in [0.15, 0.2) is 42.7 Å². The van der Waals surface area contributed by atoms with Crippen molar-refractivity contribution < 1.29 is 4.79 Å². The molecule has 1 amide bonds. The fourth-order valence-corrected chi connectivity index (χ4v) is 3.79. The van der Waals surface area contributed by atoms with Gasteiger partial charge in [0.2, 0.25) is 0 Å². The van der Waals surface area contributed by atoms with Crippen LogP contribution in [0.2, 0.25) is 0 Å². The van der Waals surface area contributed by atoms with Gasteiger partial charge in [-0.05, 0) is 62.9 Å². The molecule has 6 nitrogen and oxygen atoms in total. The number of hydrogen-bond acceptors (Lipinski definition) is 4. The molecule has 138 valence electrons. The lowest BCUT2D eigenvalue weighted by Gasteiger charge is -2.24. The Bertz CT molecular complexity index is 979. The number of aryl methyl sites for hydroxylation is 3. The summed E-state index contributed by atoms with van der Waals surface area (Å²) in [6.45, 7) is 6.67. The SMILES string of the molecule is Cc1ccc(-n2nc(C)c(C(=O)N3CCCC3c3ccncc3)n2)c(C)c1. The molecular weight excluding hydrogens is 338 g/mol. The molecule has 6 heteroatoms. The van der Waals surface area contributed by atoms with E-state index >= 15 is 0 Å². The van der Waals surface area contributed by atoms with Crippen LogP contribution < -0.4 is 0 Å². The number of carbonyl (C=O) groups excluding carboxylic acids is 1. The molecule has 1 unspecified atom stereocenters. The lowest BCUT2D eigenvalue weighted by atomic mass is 10.1. The highest BCUT2D eigenvalue weighted by molar-refractivity contribution is 5.93. The molecule has 0 radical (unpaired) electrons. The normalized spacial score (nSPS) is 16.7. The highest BCUT2D eigenvalue weighted by atomic mass is 16.2. The van der Waals surface area contributed by atoms with Gasteiger partial charge in [0, 0.05) is 18.9 Å². The number of likely N-dealkylation sites (tertiary alicyclic amines) is 1. The van der Waals surface area contributed by atoms with Crippen molar-refractivity contribution in [1.82, 2.24) is 24.9 Å². The van der Waals surface area contributed by atoms with Gasteiger partial charge in [0.05, 0.1) is 17.4 Å². The van der Waals surface area contributed by atoms with Gasteiger partial charge in [-0.1, -0.05) is 17.7 Å². The molecule has 1 fully saturated rings. The summed E-state index contributed by atoms with van der Waals surface area (Å²) in [6.07, 6.45) is 5.50. The smallest absolute Gasteiger partial charge is 0.276 e. The fourth-order valence-electron chi connectivity index (χ4n) is 3.79. The molecule has 3 aromatic rings. The number of aromatic nitrogens is 4. The third-order valence-corrected chi connectivity index (χ3v) is 5.16. The van der Waals surface area contributed by atoms with Crippen molar-refractivity contribution in [2.45, 2.75) is 39.7 Å². The van der Waals surface area contributed by atoms with E-state index in [1.165, 1.54) is 5.56 Å². The average Bonchev–Trinajstić information content (AvgIpc) is 3.29. The van der Waals surface area contributed by atoms with Crippen LogP contribution >= 0.6 is 0 Å². The first-order chi connectivity index (χ1) is 13.0. The van der Waals surface area contributed by atoms with Gasteiger partial charge in [-0.15, -0.1) is 5.10 Å². The van der Waals surface area contributed by atoms with E-state index in [-0.39, 0.29) is 11.9 Å². The van der Waals surface area contributed by atoms with E-state index in [1.807, 2.05) is 43.0 Å². The van der Waals surface area contributed by atoms with Gasteiger partial charge in [-0.3, -0.25) is 9.78 Å². The van der Waals surface area contributed by atoms with E-state index in [0.717, 1.165) is 36.2 Å². The van der Waals surface area contributed by atoms with Crippen molar-refractivity contribution in [2.24, 2.45) is 0 Å². The first-order valence-corrected chi connectivity index (χ1v) is 9.27. The van der Waals surface area contributed by atoms with E-state index < -0.39 is 0 Å². The first kappa shape index (κ1) is 17.4. The van der Waals surface area contributed by atoms with Crippen LogP contribution in [0.5, 0.6) is 0 Å². The summed E-state index contributed by atoms with van der Waals surface area (Å²) >= 11 is 0. The summed E-state index contributed by atoms with van der Waals surface area (Å²) in [4.78, 5) is 20.8. The van der Waals surface area contributed by atoms with Crippen LogP contribution in [0.1, 0.15) is 51.8 Å². The molecule has 1 aliphatic heterocycles. The van der Waals surface area contributed by atoms with E-state index in [2.05, 4.69) is 28.2 Å². The standard InChI is InChI=1S/C21H23N5O/c1-14-6-7-18(15(2)13-14)26-23-16(3)20(24-26)21(27)25-12-4-5-19(25)17-8-10-22-11-9-17/h6-11,13,19H,4-5,12H2,1-3H3. The van der Waals surface area contributed by atoms with E-state index in [0.29, 0.717) is 11.4 Å². The Labute approximate surface area is 158 Å². The number of carbonyl (C=O) groups is 1. The molecule has 1 aromatic carbocycles. The molecule has 0 N–H and O–H groups in total. The Kier molecular flexibility index (Phi) is 4.48. The number of pyridine rings is 1. The summed E-state index contributed by atoms with van der Waals surface area (Å²) < 4.78 is 0. The molecule has 2 aromatic heterocycles. The summed E-state index contributed by atoms with van der Waals surface area (Å²) in [7, 11) is 0. The minimum Gasteiger partial charge on any atom is -0.330 e. The molecular formula is C21H23N5O. The fraction of sp³-hybridized carbons (Fsp3) is 0.333. The number of rotatable bonds is 3. The lowest BCUT2D eigenvalue weighted by Crippen LogP contribution is -2.31. The van der Waals surface area contributed by atoms with Crippen LogP contribution in [0.25, 0.3) is 5.69 Å². The van der Waals surface area contributed by atoms with Crippen molar-refractivity contribution in [2.75, 3.05) is 6.54 Å². The third kappa shape index (κ3) is 3.23. The van der Waals surface area contributed by atoms with Gasteiger partial charge < -0.3 is 4.90 Å². The second kappa shape index (κ2) is 6.95. The zero-order chi connectivity index (χ0) is 19.0. The maximum Gasteiger partial charge on any atom is 0.276 e. The molecule has 1 aliphatic rings. The predicted octanol–water partition coefficient (Wildman–Crippen LogP) is 3.56. The van der Waals surface area contributed by atoms with Crippen molar-refractivity contribution >= 4 is 5.91 Å². The van der Waals surface area contributed by atoms with Crippen LogP contribution in [0.4, 0.5) is 0 Å². The van der Waals surface area contributed by atoms with E-state index in [4.69, 9.17) is 0 Å². The zero-order valence-corrected chi connectivity index (χ0v) is 15.9. The molecule has 0 saturated carbocycles. The Morgan fingerprint density at radius 3 is 2.59 bits per heavy atom. The van der Waals surface area contributed by atoms with Crippen LogP contribution in [0, 0.1) is 20.8 Å². The van der Waals surface area contributed by atoms with E-state index in [9.17, 15) is 4.79 Å². The highest BCUT2D eigenvalue weighted by Crippen LogP contribution is 2.33. The molecule has 4 rings (SSSR count). The first-order valence-electron chi connectivity index (χ1n) is 9.27. The van der Waals surface area contributed by atoms with Crippen LogP contribution in [-0.4, -0.2) is 37.3 Å². The quantitative estimate of drug-likeness (QED) is 0.715. The maximum absolute atomic E-state index is 13.2. The van der Waals surface area contributed by atoms with Crippen molar-refractivity contribution in [3.63, 3.8) is 0 Å². The Balaban J connectivity index is 1.65. The number of amides is 1. The molecule has 0 aliphatic carbocycles. The van der Waals surface area contributed by atoms with Crippen molar-refractivity contribution in [3.8, 4) is 5.69 Å². The molecule has 27 heavy (non-hydrogen) atoms. The topological polar surface area (TPSA) is 63.9 Å². The van der Waals surface area contributed by atoms with Crippen molar-refractivity contribution in [3.05, 3.63) is 70.8 Å². The zero-order valence-electron chi connectivity index (χ0n) is 15.9. The third-order valence-electron chi connectivity index (χ3n) is 5.16. The number of benzene rings is 1. The number of nitrogens with zero attached hydrogens (tertiary/aromatic N) is 5. The molecule has 1 saturated heterocycles. The maximum atomic E-state index is 13.2. The Hall–Kier alpha value is -3.02. The number of hydrogen-bond donors (Lipinski definition) is 0. The van der Waals surface area contributed by atoms with Crippen LogP contribution in [0.3, 0.4) is 0 Å². The Morgan fingerprint density at radius 2 is 1.85 bits per heavy atom. The largest absolute Gasteiger partial charge is 0.330 e. The monoisotopic (exact) mass is 361 g/mol. The van der Waals surface area contributed by atoms with Gasteiger partial charge in [0.25, 0.3) is 5.91 Å². The van der Waals surface area contributed by atoms with Crippen molar-refractivity contribution in [1.29, 1.82) is 0 Å². The lowest BCUT2D eigenvalue weighted by molar-refractivity contribution is 0.0728. The molecule has 0 spiro atoms. The second-order valence-electron chi connectivity index (χ2n) is 7.15. The Morgan fingerprint density at radius 1 is 1.07 bits per heavy atom.